The van der Waals surface area contributed by atoms with Crippen LogP contribution in [0.5, 0.6) is 0 Å². The van der Waals surface area contributed by atoms with Gasteiger partial charge in [0.2, 0.25) is 10.0 Å². The van der Waals surface area contributed by atoms with Crippen molar-refractivity contribution in [3.63, 3.8) is 0 Å². The molecule has 0 spiro atoms. The van der Waals surface area contributed by atoms with E-state index in [-0.39, 0.29) is 5.75 Å². The van der Waals surface area contributed by atoms with Crippen molar-refractivity contribution in [2.45, 2.75) is 13.8 Å². The van der Waals surface area contributed by atoms with Crippen molar-refractivity contribution >= 4 is 15.7 Å². The molecule has 6 heteroatoms. The van der Waals surface area contributed by atoms with E-state index < -0.39 is 10.0 Å². The fraction of sp³-hybridized carbons (Fsp3) is 0.500. The van der Waals surface area contributed by atoms with Crippen molar-refractivity contribution in [1.29, 1.82) is 0 Å². The highest BCUT2D eigenvalue weighted by atomic mass is 32.2. The van der Waals surface area contributed by atoms with Gasteiger partial charge in [-0.15, -0.1) is 0 Å². The Balaban J connectivity index is 2.63. The molecule has 1 heterocycles. The van der Waals surface area contributed by atoms with Crippen molar-refractivity contribution in [2.24, 2.45) is 0 Å². The molecule has 0 aromatic carbocycles. The van der Waals surface area contributed by atoms with Crippen LogP contribution in [0.4, 0.5) is 5.69 Å². The Kier molecular flexibility index (Phi) is 4.70. The first-order chi connectivity index (χ1) is 7.55. The number of aromatic nitrogens is 1. The van der Waals surface area contributed by atoms with Crippen LogP contribution in [0.1, 0.15) is 12.6 Å². The zero-order valence-electron chi connectivity index (χ0n) is 9.53. The molecule has 1 aromatic heterocycles. The zero-order chi connectivity index (χ0) is 12.0. The molecule has 1 aromatic rings. The quantitative estimate of drug-likeness (QED) is 0.723. The largest absolute Gasteiger partial charge is 0.316 e. The minimum Gasteiger partial charge on any atom is -0.316 e. The topological polar surface area (TPSA) is 71.1 Å². The first-order valence-electron chi connectivity index (χ1n) is 5.18. The molecule has 0 fully saturated rings. The molecule has 0 atom stereocenters. The van der Waals surface area contributed by atoms with E-state index in [0.717, 1.165) is 6.54 Å². The molecule has 1 rings (SSSR count). The third kappa shape index (κ3) is 4.16. The molecule has 2 N–H and O–H groups in total. The summed E-state index contributed by atoms with van der Waals surface area (Å²) in [7, 11) is -3.28. The Morgan fingerprint density at radius 2 is 2.19 bits per heavy atom. The molecular weight excluding hydrogens is 226 g/mol. The lowest BCUT2D eigenvalue weighted by molar-refractivity contribution is 0.597. The number of nitrogens with one attached hydrogen (secondary N) is 2. The van der Waals surface area contributed by atoms with Crippen LogP contribution < -0.4 is 10.0 Å². The van der Waals surface area contributed by atoms with Gasteiger partial charge < -0.3 is 5.32 Å². The van der Waals surface area contributed by atoms with Crippen LogP contribution in [-0.4, -0.2) is 32.2 Å². The second kappa shape index (κ2) is 5.81. The highest BCUT2D eigenvalue weighted by Gasteiger charge is 2.10. The molecule has 0 aliphatic rings. The van der Waals surface area contributed by atoms with Crippen LogP contribution in [0, 0.1) is 6.92 Å². The second-order valence-electron chi connectivity index (χ2n) is 3.41. The Hall–Kier alpha value is -1.14. The summed E-state index contributed by atoms with van der Waals surface area (Å²) in [5.41, 5.74) is 1.22. The predicted molar refractivity (Wildman–Crippen MR) is 64.9 cm³/mol. The van der Waals surface area contributed by atoms with Gasteiger partial charge >= 0.3 is 0 Å². The highest BCUT2D eigenvalue weighted by molar-refractivity contribution is 7.92. The van der Waals surface area contributed by atoms with Gasteiger partial charge in [0.1, 0.15) is 0 Å². The maximum Gasteiger partial charge on any atom is 0.234 e. The monoisotopic (exact) mass is 243 g/mol. The van der Waals surface area contributed by atoms with Gasteiger partial charge in [0, 0.05) is 12.7 Å². The van der Waals surface area contributed by atoms with E-state index in [0.29, 0.717) is 17.9 Å². The van der Waals surface area contributed by atoms with Crippen LogP contribution in [0.25, 0.3) is 0 Å². The van der Waals surface area contributed by atoms with E-state index in [2.05, 4.69) is 15.0 Å². The van der Waals surface area contributed by atoms with E-state index in [1.807, 2.05) is 6.92 Å². The number of hydrogen-bond donors (Lipinski definition) is 2. The molecule has 0 unspecified atom stereocenters. The molecule has 0 radical (unpaired) electrons. The Morgan fingerprint density at radius 1 is 1.44 bits per heavy atom. The zero-order valence-corrected chi connectivity index (χ0v) is 10.3. The molecule has 0 saturated heterocycles. The fourth-order valence-electron chi connectivity index (χ4n) is 1.19. The minimum atomic E-state index is -3.28. The minimum absolute atomic E-state index is 0.0647. The first-order valence-corrected chi connectivity index (χ1v) is 6.83. The van der Waals surface area contributed by atoms with Crippen molar-refractivity contribution in [3.05, 3.63) is 24.0 Å². The Morgan fingerprint density at radius 3 is 2.81 bits per heavy atom. The molecule has 16 heavy (non-hydrogen) atoms. The average molecular weight is 243 g/mol. The van der Waals surface area contributed by atoms with Crippen LogP contribution in [0.3, 0.4) is 0 Å². The van der Waals surface area contributed by atoms with Crippen molar-refractivity contribution in [1.82, 2.24) is 10.3 Å². The summed E-state index contributed by atoms with van der Waals surface area (Å²) in [6, 6.07) is 3.41. The van der Waals surface area contributed by atoms with Crippen LogP contribution in [-0.2, 0) is 10.0 Å². The molecule has 0 amide bonds. The summed E-state index contributed by atoms with van der Waals surface area (Å²) in [6.07, 6.45) is 1.63. The maximum atomic E-state index is 11.6. The lowest BCUT2D eigenvalue weighted by atomic mass is 10.3. The van der Waals surface area contributed by atoms with Gasteiger partial charge in [0.05, 0.1) is 17.1 Å². The number of rotatable bonds is 6. The van der Waals surface area contributed by atoms with Gasteiger partial charge in [-0.2, -0.15) is 0 Å². The van der Waals surface area contributed by atoms with Crippen molar-refractivity contribution in [2.75, 3.05) is 23.6 Å². The summed E-state index contributed by atoms with van der Waals surface area (Å²) in [6.45, 7) is 4.92. The summed E-state index contributed by atoms with van der Waals surface area (Å²) < 4.78 is 25.8. The smallest absolute Gasteiger partial charge is 0.234 e. The summed E-state index contributed by atoms with van der Waals surface area (Å²) in [5, 5.41) is 2.97. The number of aryl methyl sites for hydroxylation is 1. The third-order valence-corrected chi connectivity index (χ3v) is 3.34. The molecule has 0 aliphatic carbocycles. The number of hydrogen-bond acceptors (Lipinski definition) is 4. The van der Waals surface area contributed by atoms with Crippen LogP contribution >= 0.6 is 0 Å². The SMILES string of the molecule is CCNCCS(=O)(=O)Nc1cccnc1C. The van der Waals surface area contributed by atoms with E-state index in [1.54, 1.807) is 25.3 Å². The Bertz CT molecular complexity index is 431. The van der Waals surface area contributed by atoms with E-state index in [1.165, 1.54) is 0 Å². The number of anilines is 1. The third-order valence-electron chi connectivity index (χ3n) is 2.07. The summed E-state index contributed by atoms with van der Waals surface area (Å²) in [4.78, 5) is 4.02. The molecule has 0 aliphatic heterocycles. The standard InChI is InChI=1S/C10H17N3O2S/c1-3-11-7-8-16(14,15)13-10-5-4-6-12-9(10)2/h4-6,11,13H,3,7-8H2,1-2H3. The van der Waals surface area contributed by atoms with Crippen LogP contribution in [0.15, 0.2) is 18.3 Å². The predicted octanol–water partition coefficient (Wildman–Crippen LogP) is 0.741. The first kappa shape index (κ1) is 12.9. The van der Waals surface area contributed by atoms with Gasteiger partial charge in [-0.1, -0.05) is 6.92 Å². The fourth-order valence-corrected chi connectivity index (χ4v) is 2.26. The Labute approximate surface area is 96.3 Å². The summed E-state index contributed by atoms with van der Waals surface area (Å²) >= 11 is 0. The molecule has 5 nitrogen and oxygen atoms in total. The molecule has 90 valence electrons. The molecular formula is C10H17N3O2S. The normalized spacial score (nSPS) is 11.4. The summed E-state index contributed by atoms with van der Waals surface area (Å²) in [5.74, 6) is 0.0647. The number of sulfonamides is 1. The van der Waals surface area contributed by atoms with Gasteiger partial charge in [0.15, 0.2) is 0 Å². The maximum absolute atomic E-state index is 11.6. The van der Waals surface area contributed by atoms with Gasteiger partial charge in [-0.25, -0.2) is 8.42 Å². The number of nitrogens with zero attached hydrogens (tertiary/aromatic N) is 1. The number of pyridine rings is 1. The van der Waals surface area contributed by atoms with Crippen molar-refractivity contribution in [3.8, 4) is 0 Å². The van der Waals surface area contributed by atoms with Crippen molar-refractivity contribution < 1.29 is 8.42 Å². The van der Waals surface area contributed by atoms with Gasteiger partial charge in [-0.05, 0) is 25.6 Å². The molecule has 0 saturated carbocycles. The van der Waals surface area contributed by atoms with Crippen LogP contribution in [0.2, 0.25) is 0 Å². The van der Waals surface area contributed by atoms with E-state index in [4.69, 9.17) is 0 Å². The van der Waals surface area contributed by atoms with E-state index in [9.17, 15) is 8.42 Å². The molecule has 0 bridgehead atoms. The lowest BCUT2D eigenvalue weighted by Gasteiger charge is -2.09. The van der Waals surface area contributed by atoms with Gasteiger partial charge in [0.25, 0.3) is 0 Å². The van der Waals surface area contributed by atoms with E-state index >= 15 is 0 Å². The lowest BCUT2D eigenvalue weighted by Crippen LogP contribution is -2.26. The second-order valence-corrected chi connectivity index (χ2v) is 5.25. The highest BCUT2D eigenvalue weighted by Crippen LogP contribution is 2.12. The van der Waals surface area contributed by atoms with Gasteiger partial charge in [-0.3, -0.25) is 9.71 Å². The average Bonchev–Trinajstić information content (AvgIpc) is 2.21.